The van der Waals surface area contributed by atoms with Crippen molar-refractivity contribution in [3.8, 4) is 78.7 Å². The van der Waals surface area contributed by atoms with Crippen LogP contribution in [0.25, 0.3) is 94.8 Å². The van der Waals surface area contributed by atoms with Gasteiger partial charge in [0.25, 0.3) is 0 Å². The molecule has 4 aromatic heterocycles. The van der Waals surface area contributed by atoms with Gasteiger partial charge < -0.3 is 9.67 Å². The number of hydrogen-bond donors (Lipinski definition) is 1. The molecule has 0 fully saturated rings. The first-order chi connectivity index (χ1) is 27.7. The average molecular weight is 719 g/mol. The van der Waals surface area contributed by atoms with Crippen molar-refractivity contribution in [2.45, 2.75) is 0 Å². The molecule has 56 heavy (non-hydrogen) atoms. The van der Waals surface area contributed by atoms with Gasteiger partial charge in [0.05, 0.1) is 33.8 Å². The van der Waals surface area contributed by atoms with Crippen LogP contribution >= 0.6 is 0 Å². The number of para-hydroxylation sites is 4. The molecule has 0 aliphatic carbocycles. The molecular weight excluding hydrogens is 685 g/mol. The third-order valence-corrected chi connectivity index (χ3v) is 10.4. The largest absolute Gasteiger partial charge is 0.507 e. The van der Waals surface area contributed by atoms with Crippen molar-refractivity contribution in [2.75, 3.05) is 0 Å². The molecule has 0 unspecified atom stereocenters. The number of fused-ring (bicyclic) bond motifs is 3. The maximum Gasteiger partial charge on any atom is 0.124 e. The molecule has 0 atom stereocenters. The van der Waals surface area contributed by atoms with E-state index in [-0.39, 0.29) is 5.75 Å². The Kier molecular flexibility index (Phi) is 8.23. The third kappa shape index (κ3) is 5.98. The summed E-state index contributed by atoms with van der Waals surface area (Å²) in [7, 11) is 0. The lowest BCUT2D eigenvalue weighted by Gasteiger charge is -2.14. The van der Waals surface area contributed by atoms with Crippen LogP contribution in [0.15, 0.2) is 200 Å². The van der Waals surface area contributed by atoms with Crippen molar-refractivity contribution in [3.05, 3.63) is 200 Å². The van der Waals surface area contributed by atoms with E-state index in [1.165, 1.54) is 10.8 Å². The first kappa shape index (κ1) is 33.0. The second kappa shape index (κ2) is 14.0. The monoisotopic (exact) mass is 718 g/mol. The van der Waals surface area contributed by atoms with Crippen molar-refractivity contribution in [1.82, 2.24) is 19.5 Å². The number of benzene rings is 6. The zero-order chi connectivity index (χ0) is 37.4. The minimum absolute atomic E-state index is 0.182. The zero-order valence-electron chi connectivity index (χ0n) is 30.3. The Morgan fingerprint density at radius 2 is 1.00 bits per heavy atom. The highest BCUT2D eigenvalue weighted by atomic mass is 16.3. The summed E-state index contributed by atoms with van der Waals surface area (Å²) in [5.74, 6) is 0.182. The molecule has 10 rings (SSSR count). The van der Waals surface area contributed by atoms with Gasteiger partial charge >= 0.3 is 0 Å². The summed E-state index contributed by atoms with van der Waals surface area (Å²) >= 11 is 0. The zero-order valence-corrected chi connectivity index (χ0v) is 30.3. The first-order valence-corrected chi connectivity index (χ1v) is 18.7. The molecule has 5 nitrogen and oxygen atoms in total. The molecule has 0 bridgehead atoms. The van der Waals surface area contributed by atoms with Crippen LogP contribution < -0.4 is 0 Å². The highest BCUT2D eigenvalue weighted by Gasteiger charge is 2.18. The van der Waals surface area contributed by atoms with Gasteiger partial charge in [-0.15, -0.1) is 0 Å². The maximum atomic E-state index is 10.9. The Bertz CT molecular complexity index is 3030. The Balaban J connectivity index is 1.18. The maximum absolute atomic E-state index is 10.9. The summed E-state index contributed by atoms with van der Waals surface area (Å²) in [4.78, 5) is 14.9. The molecular formula is C51H34N4O. The number of hydrogen-bond acceptors (Lipinski definition) is 4. The highest BCUT2D eigenvalue weighted by Crippen LogP contribution is 2.40. The van der Waals surface area contributed by atoms with E-state index < -0.39 is 0 Å². The predicted octanol–water partition coefficient (Wildman–Crippen LogP) is 12.7. The normalized spacial score (nSPS) is 11.3. The molecule has 0 spiro atoms. The molecule has 0 aliphatic heterocycles. The van der Waals surface area contributed by atoms with Crippen molar-refractivity contribution < 1.29 is 5.11 Å². The van der Waals surface area contributed by atoms with Crippen LogP contribution in [0.2, 0.25) is 0 Å². The van der Waals surface area contributed by atoms with E-state index in [0.29, 0.717) is 11.3 Å². The van der Waals surface area contributed by atoms with E-state index in [2.05, 4.69) is 126 Å². The van der Waals surface area contributed by atoms with E-state index in [4.69, 9.17) is 15.0 Å². The topological polar surface area (TPSA) is 63.8 Å². The fourth-order valence-corrected chi connectivity index (χ4v) is 7.76. The van der Waals surface area contributed by atoms with Crippen LogP contribution in [0.1, 0.15) is 0 Å². The summed E-state index contributed by atoms with van der Waals surface area (Å²) in [6.07, 6.45) is 3.72. The molecule has 0 amide bonds. The molecule has 0 saturated carbocycles. The number of pyridine rings is 3. The Labute approximate surface area is 324 Å². The minimum atomic E-state index is 0.182. The molecule has 0 aliphatic rings. The number of phenols is 1. The molecule has 1 N–H and O–H groups in total. The lowest BCUT2D eigenvalue weighted by atomic mass is 9.95. The number of phenolic OH excluding ortho intramolecular Hbond substituents is 1. The Morgan fingerprint density at radius 1 is 0.375 bits per heavy atom. The van der Waals surface area contributed by atoms with Crippen molar-refractivity contribution >= 4 is 21.8 Å². The van der Waals surface area contributed by atoms with Crippen molar-refractivity contribution in [1.29, 1.82) is 0 Å². The van der Waals surface area contributed by atoms with Gasteiger partial charge in [0.15, 0.2) is 0 Å². The van der Waals surface area contributed by atoms with Crippen molar-refractivity contribution in [2.24, 2.45) is 0 Å². The number of aromatic hydroxyl groups is 1. The second-order valence-electron chi connectivity index (χ2n) is 13.8. The van der Waals surface area contributed by atoms with Gasteiger partial charge in [0.2, 0.25) is 0 Å². The first-order valence-electron chi connectivity index (χ1n) is 18.7. The highest BCUT2D eigenvalue weighted by molar-refractivity contribution is 6.13. The minimum Gasteiger partial charge on any atom is -0.507 e. The fourth-order valence-electron chi connectivity index (χ4n) is 7.76. The summed E-state index contributed by atoms with van der Waals surface area (Å²) in [6, 6.07) is 64.2. The Morgan fingerprint density at radius 3 is 1.80 bits per heavy atom. The fraction of sp³-hybridized carbons (Fsp3) is 0. The average Bonchev–Trinajstić information content (AvgIpc) is 3.62. The number of nitrogens with zero attached hydrogens (tertiary/aromatic N) is 4. The number of aromatic nitrogens is 4. The van der Waals surface area contributed by atoms with E-state index >= 15 is 0 Å². The molecule has 264 valence electrons. The van der Waals surface area contributed by atoms with Gasteiger partial charge in [-0.3, -0.25) is 9.97 Å². The van der Waals surface area contributed by atoms with E-state index in [1.54, 1.807) is 6.07 Å². The third-order valence-electron chi connectivity index (χ3n) is 10.4. The van der Waals surface area contributed by atoms with Gasteiger partial charge in [-0.2, -0.15) is 0 Å². The summed E-state index contributed by atoms with van der Waals surface area (Å²) in [5.41, 5.74) is 14.3. The smallest absolute Gasteiger partial charge is 0.124 e. The SMILES string of the molecule is Oc1ccccc1-c1cc(-c2ccccc2)cc(-c2cc(-c3ccccn3)cc(-c3cc(-c4cccc5c6ccccc6n(-c6ccccc6)c45)ccn3)c2)n1. The summed E-state index contributed by atoms with van der Waals surface area (Å²) in [6.45, 7) is 0. The van der Waals surface area contributed by atoms with Gasteiger partial charge in [-0.1, -0.05) is 103 Å². The van der Waals surface area contributed by atoms with E-state index in [9.17, 15) is 5.11 Å². The van der Waals surface area contributed by atoms with Gasteiger partial charge in [0.1, 0.15) is 5.75 Å². The van der Waals surface area contributed by atoms with Crippen LogP contribution in [-0.2, 0) is 0 Å². The van der Waals surface area contributed by atoms with E-state index in [0.717, 1.165) is 72.7 Å². The Hall–Kier alpha value is -7.63. The van der Waals surface area contributed by atoms with Crippen LogP contribution in [0.4, 0.5) is 0 Å². The van der Waals surface area contributed by atoms with Crippen LogP contribution in [0, 0.1) is 0 Å². The van der Waals surface area contributed by atoms with E-state index in [1.807, 2.05) is 73.1 Å². The standard InChI is InChI=1S/C51H34N4O/c56-50-24-10-8-19-44(50)48-33-36(34-14-3-1-4-15-34)32-47(54-48)39-29-37(45-22-11-12-26-52-45)28-38(30-39)46-31-35(25-27-53-46)41-20-13-21-43-42-18-7-9-23-49(42)55(51(41)43)40-16-5-2-6-17-40/h1-33,56H. The van der Waals surface area contributed by atoms with Crippen LogP contribution in [0.5, 0.6) is 5.75 Å². The quantitative estimate of drug-likeness (QED) is 0.178. The molecule has 4 heterocycles. The van der Waals surface area contributed by atoms with Crippen molar-refractivity contribution in [3.63, 3.8) is 0 Å². The predicted molar refractivity (Wildman–Crippen MR) is 228 cm³/mol. The molecule has 5 heteroatoms. The lowest BCUT2D eigenvalue weighted by Crippen LogP contribution is -1.96. The second-order valence-corrected chi connectivity index (χ2v) is 13.8. The van der Waals surface area contributed by atoms with Gasteiger partial charge in [-0.05, 0) is 102 Å². The molecule has 10 aromatic rings. The molecule has 0 radical (unpaired) electrons. The van der Waals surface area contributed by atoms with Crippen LogP contribution in [-0.4, -0.2) is 24.6 Å². The van der Waals surface area contributed by atoms with Crippen LogP contribution in [0.3, 0.4) is 0 Å². The molecule has 6 aromatic carbocycles. The van der Waals surface area contributed by atoms with Gasteiger partial charge in [-0.25, -0.2) is 4.98 Å². The van der Waals surface area contributed by atoms with Gasteiger partial charge in [0, 0.05) is 56.7 Å². The summed E-state index contributed by atoms with van der Waals surface area (Å²) < 4.78 is 2.37. The number of rotatable bonds is 7. The summed E-state index contributed by atoms with van der Waals surface area (Å²) in [5, 5.41) is 13.3. The lowest BCUT2D eigenvalue weighted by molar-refractivity contribution is 0.477. The molecule has 0 saturated heterocycles.